The Hall–Kier alpha value is -1.03. The minimum Gasteiger partial charge on any atom is -0.339 e. The molecule has 0 unspecified atom stereocenters. The van der Waals surface area contributed by atoms with Gasteiger partial charge in [0, 0.05) is 24.8 Å². The lowest BCUT2D eigenvalue weighted by Crippen LogP contribution is -2.37. The molecule has 0 spiro atoms. The lowest BCUT2D eigenvalue weighted by molar-refractivity contribution is 0.0706. The van der Waals surface area contributed by atoms with Crippen LogP contribution in [0.2, 0.25) is 0 Å². The van der Waals surface area contributed by atoms with Gasteiger partial charge >= 0.3 is 0 Å². The Morgan fingerprint density at radius 3 is 2.62 bits per heavy atom. The largest absolute Gasteiger partial charge is 0.339 e. The number of nitrogens with zero attached hydrogens (tertiary/aromatic N) is 2. The number of hydrogen-bond donors (Lipinski definition) is 0. The van der Waals surface area contributed by atoms with Gasteiger partial charge in [0.15, 0.2) is 0 Å². The zero-order valence-electron chi connectivity index (χ0n) is 13.2. The van der Waals surface area contributed by atoms with E-state index < -0.39 is 0 Å². The number of carbonyl (C=O) groups is 1. The Balaban J connectivity index is 2.04. The quantitative estimate of drug-likeness (QED) is 0.774. The van der Waals surface area contributed by atoms with Gasteiger partial charge in [-0.25, -0.2) is 4.98 Å². The van der Waals surface area contributed by atoms with E-state index in [1.807, 2.05) is 24.1 Å². The van der Waals surface area contributed by atoms with E-state index in [2.05, 4.69) is 11.9 Å². The van der Waals surface area contributed by atoms with E-state index in [4.69, 9.17) is 0 Å². The standard InChI is InChI=1S/C17H26N2OS/c1-3-21-16-13-14(11-12-18-16)17(20)19(2)15-9-7-5-4-6-8-10-15/h11-13,15H,3-10H2,1-2H3. The molecule has 0 radical (unpaired) electrons. The molecule has 0 N–H and O–H groups in total. The highest BCUT2D eigenvalue weighted by atomic mass is 32.2. The van der Waals surface area contributed by atoms with Gasteiger partial charge < -0.3 is 4.90 Å². The van der Waals surface area contributed by atoms with Gasteiger partial charge in [-0.05, 0) is 30.7 Å². The van der Waals surface area contributed by atoms with Gasteiger partial charge in [-0.3, -0.25) is 4.79 Å². The van der Waals surface area contributed by atoms with Crippen LogP contribution in [0.15, 0.2) is 23.4 Å². The molecule has 0 aliphatic heterocycles. The van der Waals surface area contributed by atoms with Crippen LogP contribution in [0.3, 0.4) is 0 Å². The average molecular weight is 306 g/mol. The van der Waals surface area contributed by atoms with Gasteiger partial charge in [-0.1, -0.05) is 39.0 Å². The summed E-state index contributed by atoms with van der Waals surface area (Å²) in [6.45, 7) is 2.10. The monoisotopic (exact) mass is 306 g/mol. The molecule has 2 rings (SSSR count). The number of aromatic nitrogens is 1. The van der Waals surface area contributed by atoms with E-state index in [0.717, 1.165) is 29.2 Å². The first-order valence-corrected chi connectivity index (χ1v) is 9.07. The van der Waals surface area contributed by atoms with E-state index in [0.29, 0.717) is 6.04 Å². The van der Waals surface area contributed by atoms with Gasteiger partial charge in [0.2, 0.25) is 0 Å². The van der Waals surface area contributed by atoms with Crippen molar-refractivity contribution in [2.45, 2.75) is 62.9 Å². The van der Waals surface area contributed by atoms with Gasteiger partial charge in [0.1, 0.15) is 0 Å². The van der Waals surface area contributed by atoms with E-state index in [1.54, 1.807) is 18.0 Å². The number of rotatable bonds is 4. The molecule has 1 saturated carbocycles. The Morgan fingerprint density at radius 1 is 1.29 bits per heavy atom. The molecule has 1 aromatic heterocycles. The van der Waals surface area contributed by atoms with Crippen LogP contribution in [-0.2, 0) is 0 Å². The minimum absolute atomic E-state index is 0.140. The summed E-state index contributed by atoms with van der Waals surface area (Å²) in [4.78, 5) is 18.9. The molecule has 1 heterocycles. The molecule has 0 bridgehead atoms. The highest BCUT2D eigenvalue weighted by molar-refractivity contribution is 7.99. The second-order valence-corrected chi connectivity index (χ2v) is 7.02. The molecule has 0 atom stereocenters. The normalized spacial score (nSPS) is 17.0. The second kappa shape index (κ2) is 8.42. The Kier molecular flexibility index (Phi) is 6.55. The molecule has 3 nitrogen and oxygen atoms in total. The fourth-order valence-corrected chi connectivity index (χ4v) is 3.60. The molecular weight excluding hydrogens is 280 g/mol. The zero-order chi connectivity index (χ0) is 15.1. The highest BCUT2D eigenvalue weighted by Gasteiger charge is 2.21. The van der Waals surface area contributed by atoms with Crippen molar-refractivity contribution in [3.63, 3.8) is 0 Å². The first-order valence-electron chi connectivity index (χ1n) is 8.08. The number of hydrogen-bond acceptors (Lipinski definition) is 3. The Bertz CT molecular complexity index is 456. The van der Waals surface area contributed by atoms with E-state index in [-0.39, 0.29) is 5.91 Å². The van der Waals surface area contributed by atoms with Crippen LogP contribution in [0, 0.1) is 0 Å². The smallest absolute Gasteiger partial charge is 0.253 e. The summed E-state index contributed by atoms with van der Waals surface area (Å²) in [5, 5.41) is 0.939. The molecule has 1 amide bonds. The van der Waals surface area contributed by atoms with Gasteiger partial charge in [0.05, 0.1) is 5.03 Å². The second-order valence-electron chi connectivity index (χ2n) is 5.73. The molecule has 1 aliphatic carbocycles. The van der Waals surface area contributed by atoms with Crippen molar-refractivity contribution in [1.82, 2.24) is 9.88 Å². The van der Waals surface area contributed by atoms with Gasteiger partial charge in [0.25, 0.3) is 5.91 Å². The van der Waals surface area contributed by atoms with Crippen LogP contribution in [-0.4, -0.2) is 34.6 Å². The summed E-state index contributed by atoms with van der Waals surface area (Å²) in [6.07, 6.45) is 10.5. The Morgan fingerprint density at radius 2 is 1.95 bits per heavy atom. The lowest BCUT2D eigenvalue weighted by atomic mass is 9.95. The van der Waals surface area contributed by atoms with Crippen molar-refractivity contribution in [3.05, 3.63) is 23.9 Å². The van der Waals surface area contributed by atoms with Crippen molar-refractivity contribution in [1.29, 1.82) is 0 Å². The molecule has 1 fully saturated rings. The highest BCUT2D eigenvalue weighted by Crippen LogP contribution is 2.23. The average Bonchev–Trinajstić information content (AvgIpc) is 2.46. The van der Waals surface area contributed by atoms with Crippen LogP contribution in [0.4, 0.5) is 0 Å². The topological polar surface area (TPSA) is 33.2 Å². The van der Waals surface area contributed by atoms with E-state index in [9.17, 15) is 4.79 Å². The van der Waals surface area contributed by atoms with Crippen LogP contribution in [0.25, 0.3) is 0 Å². The first kappa shape index (κ1) is 16.3. The molecule has 21 heavy (non-hydrogen) atoms. The molecule has 4 heteroatoms. The van der Waals surface area contributed by atoms with E-state index in [1.165, 1.54) is 32.1 Å². The summed E-state index contributed by atoms with van der Waals surface area (Å²) in [5.74, 6) is 1.12. The molecule has 0 saturated heterocycles. The maximum atomic E-state index is 12.7. The fraction of sp³-hybridized carbons (Fsp3) is 0.647. The molecule has 0 aromatic carbocycles. The summed E-state index contributed by atoms with van der Waals surface area (Å²) in [5.41, 5.74) is 0.769. The van der Waals surface area contributed by atoms with Gasteiger partial charge in [-0.2, -0.15) is 0 Å². The predicted molar refractivity (Wildman–Crippen MR) is 88.8 cm³/mol. The summed E-state index contributed by atoms with van der Waals surface area (Å²) in [6, 6.07) is 4.16. The molecular formula is C17H26N2OS. The SMILES string of the molecule is CCSc1cc(C(=O)N(C)C2CCCCCCC2)ccn1. The number of carbonyl (C=O) groups excluding carboxylic acids is 1. The van der Waals surface area contributed by atoms with Crippen molar-refractivity contribution in [2.75, 3.05) is 12.8 Å². The lowest BCUT2D eigenvalue weighted by Gasteiger charge is -2.30. The maximum Gasteiger partial charge on any atom is 0.253 e. The predicted octanol–water partition coefficient (Wildman–Crippen LogP) is 4.38. The summed E-state index contributed by atoms with van der Waals surface area (Å²) >= 11 is 1.68. The van der Waals surface area contributed by atoms with Crippen LogP contribution in [0.5, 0.6) is 0 Å². The third kappa shape index (κ3) is 4.73. The number of pyridine rings is 1. The van der Waals surface area contributed by atoms with Crippen molar-refractivity contribution < 1.29 is 4.79 Å². The van der Waals surface area contributed by atoms with Crippen molar-refractivity contribution >= 4 is 17.7 Å². The zero-order valence-corrected chi connectivity index (χ0v) is 14.0. The van der Waals surface area contributed by atoms with E-state index >= 15 is 0 Å². The van der Waals surface area contributed by atoms with Gasteiger partial charge in [-0.15, -0.1) is 11.8 Å². The van der Waals surface area contributed by atoms with Crippen molar-refractivity contribution in [3.8, 4) is 0 Å². The molecule has 116 valence electrons. The van der Waals surface area contributed by atoms with Crippen LogP contribution >= 0.6 is 11.8 Å². The summed E-state index contributed by atoms with van der Waals surface area (Å²) < 4.78 is 0. The third-order valence-corrected chi connectivity index (χ3v) is 5.02. The number of thioether (sulfide) groups is 1. The minimum atomic E-state index is 0.140. The van der Waals surface area contributed by atoms with Crippen molar-refractivity contribution in [2.24, 2.45) is 0 Å². The number of amides is 1. The maximum absolute atomic E-state index is 12.7. The summed E-state index contributed by atoms with van der Waals surface area (Å²) in [7, 11) is 1.96. The third-order valence-electron chi connectivity index (χ3n) is 4.22. The molecule has 1 aliphatic rings. The fourth-order valence-electron chi connectivity index (χ4n) is 2.96. The Labute approximate surface area is 132 Å². The first-order chi connectivity index (χ1) is 10.2. The van der Waals surface area contributed by atoms with Crippen LogP contribution in [0.1, 0.15) is 62.2 Å². The van der Waals surface area contributed by atoms with Crippen LogP contribution < -0.4 is 0 Å². The molecule has 1 aromatic rings.